The van der Waals surface area contributed by atoms with Crippen LogP contribution in [0.15, 0.2) is 39.7 Å². The van der Waals surface area contributed by atoms with E-state index in [1.807, 2.05) is 4.72 Å². The minimum Gasteiger partial charge on any atom is -0.399 e. The number of nitrogens with two attached hydrogens (primary N) is 1. The molecule has 0 aliphatic carbocycles. The third-order valence-corrected chi connectivity index (χ3v) is 4.41. The van der Waals surface area contributed by atoms with Crippen molar-refractivity contribution in [2.75, 3.05) is 10.5 Å². The minimum atomic E-state index is -4.30. The molecule has 4 nitrogen and oxygen atoms in total. The Morgan fingerprint density at radius 1 is 1.00 bits per heavy atom. The van der Waals surface area contributed by atoms with Crippen molar-refractivity contribution in [3.8, 4) is 0 Å². The molecule has 112 valence electrons. The molecule has 0 heterocycles. The molecule has 0 fully saturated rings. The van der Waals surface area contributed by atoms with E-state index in [-0.39, 0.29) is 10.2 Å². The van der Waals surface area contributed by atoms with E-state index in [1.54, 1.807) is 0 Å². The highest BCUT2D eigenvalue weighted by molar-refractivity contribution is 9.10. The number of benzene rings is 2. The Bertz CT molecular complexity index is 792. The summed E-state index contributed by atoms with van der Waals surface area (Å²) < 4.78 is 65.9. The van der Waals surface area contributed by atoms with E-state index in [9.17, 15) is 21.6 Å². The van der Waals surface area contributed by atoms with Crippen LogP contribution in [0.3, 0.4) is 0 Å². The summed E-state index contributed by atoms with van der Waals surface area (Å²) in [5.74, 6) is -2.71. The highest BCUT2D eigenvalue weighted by atomic mass is 79.9. The van der Waals surface area contributed by atoms with Crippen molar-refractivity contribution >= 4 is 37.3 Å². The maximum Gasteiger partial charge on any atom is 0.262 e. The standard InChI is InChI=1S/C12H8BrF3N2O2S/c13-9-4-11(16)12(5-10(9)15)18-21(19,20)8-2-6(14)1-7(17)3-8/h1-5,18H,17H2. The smallest absolute Gasteiger partial charge is 0.262 e. The lowest BCUT2D eigenvalue weighted by molar-refractivity contribution is 0.589. The van der Waals surface area contributed by atoms with Crippen LogP contribution in [-0.2, 0) is 10.0 Å². The highest BCUT2D eigenvalue weighted by Crippen LogP contribution is 2.26. The van der Waals surface area contributed by atoms with E-state index in [4.69, 9.17) is 5.73 Å². The van der Waals surface area contributed by atoms with Crippen LogP contribution >= 0.6 is 15.9 Å². The number of hydrogen-bond acceptors (Lipinski definition) is 3. The van der Waals surface area contributed by atoms with Crippen molar-refractivity contribution in [2.45, 2.75) is 4.90 Å². The van der Waals surface area contributed by atoms with Crippen LogP contribution in [0.1, 0.15) is 0 Å². The van der Waals surface area contributed by atoms with Gasteiger partial charge in [0, 0.05) is 11.8 Å². The Labute approximate surface area is 127 Å². The fourth-order valence-electron chi connectivity index (χ4n) is 1.54. The van der Waals surface area contributed by atoms with E-state index in [2.05, 4.69) is 15.9 Å². The second kappa shape index (κ2) is 5.57. The molecule has 0 saturated carbocycles. The van der Waals surface area contributed by atoms with Gasteiger partial charge in [-0.25, -0.2) is 21.6 Å². The molecule has 3 N–H and O–H groups in total. The van der Waals surface area contributed by atoms with E-state index in [0.29, 0.717) is 12.1 Å². The van der Waals surface area contributed by atoms with E-state index in [0.717, 1.165) is 18.2 Å². The molecule has 0 radical (unpaired) electrons. The largest absolute Gasteiger partial charge is 0.399 e. The van der Waals surface area contributed by atoms with E-state index >= 15 is 0 Å². The van der Waals surface area contributed by atoms with Crippen LogP contribution in [0.2, 0.25) is 0 Å². The third-order valence-electron chi connectivity index (χ3n) is 2.46. The number of sulfonamides is 1. The first-order chi connectivity index (χ1) is 9.69. The van der Waals surface area contributed by atoms with E-state index in [1.165, 1.54) is 0 Å². The molecule has 21 heavy (non-hydrogen) atoms. The second-order valence-electron chi connectivity index (χ2n) is 4.07. The Morgan fingerprint density at radius 2 is 1.67 bits per heavy atom. The summed E-state index contributed by atoms with van der Waals surface area (Å²) in [4.78, 5) is -0.497. The molecule has 0 unspecified atom stereocenters. The van der Waals surface area contributed by atoms with Gasteiger partial charge in [0.2, 0.25) is 0 Å². The minimum absolute atomic E-state index is 0.113. The molecule has 2 rings (SSSR count). The number of nitrogen functional groups attached to an aromatic ring is 1. The van der Waals surface area contributed by atoms with Gasteiger partial charge in [-0.05, 0) is 40.2 Å². The normalized spacial score (nSPS) is 11.4. The van der Waals surface area contributed by atoms with Crippen molar-refractivity contribution in [1.29, 1.82) is 0 Å². The SMILES string of the molecule is Nc1cc(F)cc(S(=O)(=O)Nc2cc(F)c(Br)cc2F)c1. The van der Waals surface area contributed by atoms with Gasteiger partial charge >= 0.3 is 0 Å². The van der Waals surface area contributed by atoms with Crippen LogP contribution in [0.25, 0.3) is 0 Å². The molecular formula is C12H8BrF3N2O2S. The number of nitrogens with one attached hydrogen (secondary N) is 1. The van der Waals surface area contributed by atoms with Gasteiger partial charge < -0.3 is 5.73 Å². The lowest BCUT2D eigenvalue weighted by atomic mass is 10.3. The molecule has 0 aliphatic rings. The predicted octanol–water partition coefficient (Wildman–Crippen LogP) is 3.25. The number of rotatable bonds is 3. The van der Waals surface area contributed by atoms with Gasteiger partial charge in [-0.1, -0.05) is 0 Å². The Kier molecular flexibility index (Phi) is 4.15. The Hall–Kier alpha value is -1.74. The van der Waals surface area contributed by atoms with Crippen LogP contribution in [0.5, 0.6) is 0 Å². The fourth-order valence-corrected chi connectivity index (χ4v) is 2.98. The van der Waals surface area contributed by atoms with Gasteiger partial charge in [0.1, 0.15) is 17.5 Å². The third kappa shape index (κ3) is 3.48. The average molecular weight is 381 g/mol. The van der Waals surface area contributed by atoms with Gasteiger partial charge in [-0.3, -0.25) is 4.72 Å². The zero-order chi connectivity index (χ0) is 15.8. The second-order valence-corrected chi connectivity index (χ2v) is 6.61. The summed E-state index contributed by atoms with van der Waals surface area (Å²) in [6.45, 7) is 0. The average Bonchev–Trinajstić information content (AvgIpc) is 2.34. The fraction of sp³-hybridized carbons (Fsp3) is 0. The monoisotopic (exact) mass is 380 g/mol. The van der Waals surface area contributed by atoms with Crippen molar-refractivity contribution in [3.63, 3.8) is 0 Å². The molecule has 0 aromatic heterocycles. The van der Waals surface area contributed by atoms with E-state index < -0.39 is 38.1 Å². The van der Waals surface area contributed by atoms with Crippen molar-refractivity contribution in [3.05, 3.63) is 52.3 Å². The zero-order valence-electron chi connectivity index (χ0n) is 10.2. The van der Waals surface area contributed by atoms with Crippen molar-refractivity contribution in [2.24, 2.45) is 0 Å². The van der Waals surface area contributed by atoms with Gasteiger partial charge in [0.15, 0.2) is 0 Å². The van der Waals surface area contributed by atoms with Crippen molar-refractivity contribution in [1.82, 2.24) is 0 Å². The topological polar surface area (TPSA) is 72.2 Å². The summed E-state index contributed by atoms with van der Waals surface area (Å²) in [5.41, 5.74) is 4.64. The summed E-state index contributed by atoms with van der Waals surface area (Å²) in [6.07, 6.45) is 0. The number of halogens is 4. The Balaban J connectivity index is 2.44. The quantitative estimate of drug-likeness (QED) is 0.634. The molecule has 2 aromatic carbocycles. The highest BCUT2D eigenvalue weighted by Gasteiger charge is 2.19. The lowest BCUT2D eigenvalue weighted by Gasteiger charge is -2.10. The van der Waals surface area contributed by atoms with Gasteiger partial charge in [-0.15, -0.1) is 0 Å². The molecule has 0 amide bonds. The maximum absolute atomic E-state index is 13.6. The number of anilines is 2. The molecule has 0 saturated heterocycles. The summed E-state index contributed by atoms with van der Waals surface area (Å²) in [5, 5.41) is 0. The maximum atomic E-state index is 13.6. The molecule has 0 aliphatic heterocycles. The first-order valence-corrected chi connectivity index (χ1v) is 7.70. The number of hydrogen-bond donors (Lipinski definition) is 2. The zero-order valence-corrected chi connectivity index (χ0v) is 12.6. The lowest BCUT2D eigenvalue weighted by Crippen LogP contribution is -2.15. The van der Waals surface area contributed by atoms with Crippen molar-refractivity contribution < 1.29 is 21.6 Å². The van der Waals surface area contributed by atoms with Crippen LogP contribution in [0, 0.1) is 17.5 Å². The molecular weight excluding hydrogens is 373 g/mol. The van der Waals surface area contributed by atoms with Crippen LogP contribution in [-0.4, -0.2) is 8.42 Å². The van der Waals surface area contributed by atoms with Crippen LogP contribution < -0.4 is 10.5 Å². The van der Waals surface area contributed by atoms with Gasteiger partial charge in [0.25, 0.3) is 10.0 Å². The molecule has 0 bridgehead atoms. The summed E-state index contributed by atoms with van der Waals surface area (Å²) in [7, 11) is -4.30. The van der Waals surface area contributed by atoms with Crippen LogP contribution in [0.4, 0.5) is 24.5 Å². The summed E-state index contributed by atoms with van der Waals surface area (Å²) in [6, 6.07) is 4.08. The van der Waals surface area contributed by atoms with Gasteiger partial charge in [0.05, 0.1) is 15.1 Å². The predicted molar refractivity (Wildman–Crippen MR) is 75.7 cm³/mol. The first kappa shape index (κ1) is 15.6. The summed E-state index contributed by atoms with van der Waals surface area (Å²) >= 11 is 2.77. The first-order valence-electron chi connectivity index (χ1n) is 5.42. The van der Waals surface area contributed by atoms with Gasteiger partial charge in [-0.2, -0.15) is 0 Å². The molecule has 9 heteroatoms. The Morgan fingerprint density at radius 3 is 2.29 bits per heavy atom. The molecule has 2 aromatic rings. The molecule has 0 atom stereocenters. The molecule has 0 spiro atoms.